The minimum Gasteiger partial charge on any atom is -0.394 e. The molecular formula is C52H103NO3. The van der Waals surface area contributed by atoms with Crippen LogP contribution in [-0.4, -0.2) is 34.9 Å². The minimum atomic E-state index is -0.657. The summed E-state index contributed by atoms with van der Waals surface area (Å²) in [5, 5.41) is 23.3. The van der Waals surface area contributed by atoms with Gasteiger partial charge >= 0.3 is 0 Å². The predicted octanol–water partition coefficient (Wildman–Crippen LogP) is 16.6. The second-order valence-electron chi connectivity index (χ2n) is 17.9. The maximum atomic E-state index is 12.5. The van der Waals surface area contributed by atoms with E-state index in [1.165, 1.54) is 244 Å². The van der Waals surface area contributed by atoms with E-state index in [1.807, 2.05) is 0 Å². The zero-order valence-corrected chi connectivity index (χ0v) is 38.4. The number of aliphatic hydroxyl groups excluding tert-OH is 2. The third kappa shape index (κ3) is 44.2. The third-order valence-corrected chi connectivity index (χ3v) is 12.3. The summed E-state index contributed by atoms with van der Waals surface area (Å²) in [6.45, 7) is 4.39. The van der Waals surface area contributed by atoms with Crippen LogP contribution in [0.25, 0.3) is 0 Å². The smallest absolute Gasteiger partial charge is 0.220 e. The maximum Gasteiger partial charge on any atom is 0.220 e. The molecule has 0 heterocycles. The Morgan fingerprint density at radius 3 is 0.982 bits per heavy atom. The number of amides is 1. The monoisotopic (exact) mass is 790 g/mol. The van der Waals surface area contributed by atoms with Crippen molar-refractivity contribution in [1.82, 2.24) is 5.32 Å². The van der Waals surface area contributed by atoms with E-state index >= 15 is 0 Å². The summed E-state index contributed by atoms with van der Waals surface area (Å²) in [7, 11) is 0. The van der Waals surface area contributed by atoms with Crippen molar-refractivity contribution < 1.29 is 15.0 Å². The van der Waals surface area contributed by atoms with Crippen LogP contribution in [0.5, 0.6) is 0 Å². The van der Waals surface area contributed by atoms with E-state index in [0.717, 1.165) is 25.7 Å². The Morgan fingerprint density at radius 2 is 0.679 bits per heavy atom. The van der Waals surface area contributed by atoms with Gasteiger partial charge < -0.3 is 15.5 Å². The highest BCUT2D eigenvalue weighted by Crippen LogP contribution is 2.17. The van der Waals surface area contributed by atoms with Crippen molar-refractivity contribution in [3.8, 4) is 0 Å². The normalized spacial score (nSPS) is 12.9. The average Bonchev–Trinajstić information content (AvgIpc) is 3.20. The number of hydrogen-bond donors (Lipinski definition) is 3. The first-order valence-electron chi connectivity index (χ1n) is 25.9. The highest BCUT2D eigenvalue weighted by Gasteiger charge is 2.20. The van der Waals surface area contributed by atoms with Crippen molar-refractivity contribution in [2.24, 2.45) is 0 Å². The lowest BCUT2D eigenvalue weighted by atomic mass is 10.0. The van der Waals surface area contributed by atoms with Crippen LogP contribution in [0.4, 0.5) is 0 Å². The van der Waals surface area contributed by atoms with Gasteiger partial charge in [-0.1, -0.05) is 264 Å². The average molecular weight is 790 g/mol. The van der Waals surface area contributed by atoms with Gasteiger partial charge in [-0.05, 0) is 38.5 Å². The molecule has 2 unspecified atom stereocenters. The fraction of sp³-hybridized carbons (Fsp3) is 0.942. The molecule has 0 rings (SSSR count). The van der Waals surface area contributed by atoms with Gasteiger partial charge in [0.05, 0.1) is 18.8 Å². The van der Waals surface area contributed by atoms with Crippen molar-refractivity contribution in [3.63, 3.8) is 0 Å². The Balaban J connectivity index is 3.44. The summed E-state index contributed by atoms with van der Waals surface area (Å²) < 4.78 is 0. The molecule has 0 aromatic carbocycles. The topological polar surface area (TPSA) is 69.6 Å². The summed E-state index contributed by atoms with van der Waals surface area (Å²) in [6.07, 6.45) is 61.8. The molecule has 0 spiro atoms. The molecule has 0 aromatic rings. The number of rotatable bonds is 48. The molecule has 334 valence electrons. The number of unbranched alkanes of at least 4 members (excludes halogenated alkanes) is 39. The molecule has 4 nitrogen and oxygen atoms in total. The van der Waals surface area contributed by atoms with Gasteiger partial charge in [0, 0.05) is 6.42 Å². The Morgan fingerprint density at radius 1 is 0.411 bits per heavy atom. The van der Waals surface area contributed by atoms with Gasteiger partial charge in [-0.3, -0.25) is 4.79 Å². The van der Waals surface area contributed by atoms with E-state index in [4.69, 9.17) is 0 Å². The minimum absolute atomic E-state index is 0.0272. The Bertz CT molecular complexity index is 769. The molecule has 3 N–H and O–H groups in total. The summed E-state index contributed by atoms with van der Waals surface area (Å²) in [5.41, 5.74) is 0. The molecule has 0 aromatic heterocycles. The number of allylic oxidation sites excluding steroid dienone is 2. The molecule has 0 fully saturated rings. The van der Waals surface area contributed by atoms with Crippen LogP contribution >= 0.6 is 0 Å². The van der Waals surface area contributed by atoms with Gasteiger partial charge in [0.15, 0.2) is 0 Å². The van der Waals surface area contributed by atoms with E-state index in [1.54, 1.807) is 0 Å². The number of carbonyl (C=O) groups is 1. The van der Waals surface area contributed by atoms with Crippen molar-refractivity contribution in [1.29, 1.82) is 0 Å². The van der Waals surface area contributed by atoms with Gasteiger partial charge in [0.1, 0.15) is 0 Å². The molecule has 0 bridgehead atoms. The zero-order chi connectivity index (χ0) is 40.7. The molecule has 0 saturated heterocycles. The van der Waals surface area contributed by atoms with Crippen LogP contribution in [0.15, 0.2) is 12.2 Å². The second kappa shape index (κ2) is 48.5. The fourth-order valence-corrected chi connectivity index (χ4v) is 8.30. The first-order valence-corrected chi connectivity index (χ1v) is 25.9. The standard InChI is InChI=1S/C52H103NO3/c1-3-5-7-9-11-13-15-17-19-21-22-23-24-25-26-27-28-29-30-32-34-36-38-40-42-44-46-48-52(56)53-50(49-54)51(55)47-45-43-41-39-37-35-33-31-20-18-16-14-12-10-8-6-4-2/h25-26,50-51,54-55H,3-24,27-49H2,1-2H3,(H,53,56)/b26-25-. The van der Waals surface area contributed by atoms with E-state index in [2.05, 4.69) is 31.3 Å². The molecule has 0 radical (unpaired) electrons. The molecular weight excluding hydrogens is 687 g/mol. The molecule has 1 amide bonds. The van der Waals surface area contributed by atoms with Crippen LogP contribution < -0.4 is 5.32 Å². The fourth-order valence-electron chi connectivity index (χ4n) is 8.30. The maximum absolute atomic E-state index is 12.5. The summed E-state index contributed by atoms with van der Waals surface area (Å²) in [6, 6.07) is -0.533. The molecule has 0 aliphatic heterocycles. The van der Waals surface area contributed by atoms with Gasteiger partial charge in [0.25, 0.3) is 0 Å². The van der Waals surface area contributed by atoms with Crippen LogP contribution in [0, 0.1) is 0 Å². The lowest BCUT2D eigenvalue weighted by Gasteiger charge is -2.22. The van der Waals surface area contributed by atoms with Crippen molar-refractivity contribution in [2.75, 3.05) is 6.61 Å². The Labute approximate surface area is 352 Å². The lowest BCUT2D eigenvalue weighted by molar-refractivity contribution is -0.123. The Hall–Kier alpha value is -0.870. The van der Waals surface area contributed by atoms with E-state index in [0.29, 0.717) is 12.8 Å². The first kappa shape index (κ1) is 55.1. The quantitative estimate of drug-likeness (QED) is 0.0425. The van der Waals surface area contributed by atoms with Gasteiger partial charge in [-0.25, -0.2) is 0 Å². The highest BCUT2D eigenvalue weighted by atomic mass is 16.3. The van der Waals surface area contributed by atoms with Gasteiger partial charge in [-0.15, -0.1) is 0 Å². The van der Waals surface area contributed by atoms with Gasteiger partial charge in [-0.2, -0.15) is 0 Å². The lowest BCUT2D eigenvalue weighted by Crippen LogP contribution is -2.45. The van der Waals surface area contributed by atoms with Gasteiger partial charge in [0.2, 0.25) is 5.91 Å². The SMILES string of the molecule is CCCCCCCCCCCCCC/C=C\CCCCCCCCCCCCCC(=O)NC(CO)C(O)CCCCCCCCCCCCCCCCCCC. The molecule has 2 atom stereocenters. The summed E-state index contributed by atoms with van der Waals surface area (Å²) >= 11 is 0. The van der Waals surface area contributed by atoms with Crippen molar-refractivity contribution >= 4 is 5.91 Å². The van der Waals surface area contributed by atoms with Crippen molar-refractivity contribution in [3.05, 3.63) is 12.2 Å². The number of carbonyl (C=O) groups excluding carboxylic acids is 1. The Kier molecular flexibility index (Phi) is 47.7. The van der Waals surface area contributed by atoms with Crippen LogP contribution in [-0.2, 0) is 4.79 Å². The number of nitrogens with one attached hydrogen (secondary N) is 1. The van der Waals surface area contributed by atoms with E-state index in [9.17, 15) is 15.0 Å². The molecule has 0 aliphatic carbocycles. The van der Waals surface area contributed by atoms with Crippen LogP contribution in [0.1, 0.15) is 296 Å². The molecule has 56 heavy (non-hydrogen) atoms. The number of aliphatic hydroxyl groups is 2. The molecule has 0 aliphatic rings. The zero-order valence-electron chi connectivity index (χ0n) is 38.4. The largest absolute Gasteiger partial charge is 0.394 e. The predicted molar refractivity (Wildman–Crippen MR) is 249 cm³/mol. The molecule has 4 heteroatoms. The van der Waals surface area contributed by atoms with E-state index in [-0.39, 0.29) is 12.5 Å². The van der Waals surface area contributed by atoms with E-state index < -0.39 is 12.1 Å². The number of hydrogen-bond acceptors (Lipinski definition) is 3. The van der Waals surface area contributed by atoms with Crippen LogP contribution in [0.2, 0.25) is 0 Å². The third-order valence-electron chi connectivity index (χ3n) is 12.3. The first-order chi connectivity index (χ1) is 27.7. The van der Waals surface area contributed by atoms with Crippen molar-refractivity contribution in [2.45, 2.75) is 309 Å². The summed E-state index contributed by atoms with van der Waals surface area (Å²) in [4.78, 5) is 12.5. The second-order valence-corrected chi connectivity index (χ2v) is 17.9. The molecule has 0 saturated carbocycles. The summed E-state index contributed by atoms with van der Waals surface area (Å²) in [5.74, 6) is -0.0272. The van der Waals surface area contributed by atoms with Crippen LogP contribution in [0.3, 0.4) is 0 Å². The highest BCUT2D eigenvalue weighted by molar-refractivity contribution is 5.76.